The van der Waals surface area contributed by atoms with Crippen LogP contribution in [0.15, 0.2) is 18.2 Å². The molecule has 1 aromatic rings. The Kier molecular flexibility index (Phi) is 6.14. The Morgan fingerprint density at radius 3 is 2.95 bits per heavy atom. The quantitative estimate of drug-likeness (QED) is 0.833. The second-order valence-electron chi connectivity index (χ2n) is 5.74. The van der Waals surface area contributed by atoms with Gasteiger partial charge in [0.25, 0.3) is 0 Å². The molecule has 0 radical (unpaired) electrons. The van der Waals surface area contributed by atoms with Crippen LogP contribution in [0.3, 0.4) is 0 Å². The van der Waals surface area contributed by atoms with Crippen molar-refractivity contribution in [1.29, 1.82) is 0 Å². The molecular formula is C16H24ClNO2. The Morgan fingerprint density at radius 2 is 2.30 bits per heavy atom. The molecule has 0 spiro atoms. The van der Waals surface area contributed by atoms with Crippen molar-refractivity contribution >= 4 is 11.6 Å². The van der Waals surface area contributed by atoms with Crippen LogP contribution >= 0.6 is 11.6 Å². The maximum Gasteiger partial charge on any atom is 0.138 e. The normalized spacial score (nSPS) is 18.7. The van der Waals surface area contributed by atoms with Gasteiger partial charge in [-0.25, -0.2) is 0 Å². The van der Waals surface area contributed by atoms with Gasteiger partial charge in [0.1, 0.15) is 12.4 Å². The second kappa shape index (κ2) is 7.87. The number of hydrogen-bond donors (Lipinski definition) is 1. The van der Waals surface area contributed by atoms with E-state index in [0.29, 0.717) is 17.5 Å². The number of nitrogens with one attached hydrogen (secondary N) is 1. The van der Waals surface area contributed by atoms with Crippen molar-refractivity contribution in [3.8, 4) is 5.75 Å². The molecule has 4 heteroatoms. The monoisotopic (exact) mass is 297 g/mol. The molecule has 1 saturated heterocycles. The molecule has 0 aliphatic carbocycles. The van der Waals surface area contributed by atoms with E-state index in [-0.39, 0.29) is 6.10 Å². The Hall–Kier alpha value is -0.770. The van der Waals surface area contributed by atoms with E-state index in [2.05, 4.69) is 25.2 Å². The SMILES string of the molecule is CC(C)CNCc1ccc(OCC2CCCO2)c(Cl)c1. The average Bonchev–Trinajstić information content (AvgIpc) is 2.90. The van der Waals surface area contributed by atoms with Crippen LogP contribution in [0, 0.1) is 5.92 Å². The van der Waals surface area contributed by atoms with E-state index in [4.69, 9.17) is 21.1 Å². The molecule has 0 aromatic heterocycles. The Morgan fingerprint density at radius 1 is 1.45 bits per heavy atom. The van der Waals surface area contributed by atoms with Gasteiger partial charge in [0.2, 0.25) is 0 Å². The van der Waals surface area contributed by atoms with Crippen LogP contribution in [-0.2, 0) is 11.3 Å². The number of rotatable bonds is 7. The maximum atomic E-state index is 6.26. The van der Waals surface area contributed by atoms with Gasteiger partial charge in [-0.3, -0.25) is 0 Å². The summed E-state index contributed by atoms with van der Waals surface area (Å²) in [6.45, 7) is 7.68. The van der Waals surface area contributed by atoms with Gasteiger partial charge >= 0.3 is 0 Å². The van der Waals surface area contributed by atoms with Crippen LogP contribution in [0.25, 0.3) is 0 Å². The third-order valence-corrected chi connectivity index (χ3v) is 3.62. The summed E-state index contributed by atoms with van der Waals surface area (Å²) in [4.78, 5) is 0. The van der Waals surface area contributed by atoms with Crippen LogP contribution in [-0.4, -0.2) is 25.9 Å². The molecule has 1 aliphatic rings. The van der Waals surface area contributed by atoms with Crippen LogP contribution < -0.4 is 10.1 Å². The van der Waals surface area contributed by atoms with E-state index < -0.39 is 0 Å². The molecule has 1 aliphatic heterocycles. The first kappa shape index (κ1) is 15.6. The lowest BCUT2D eigenvalue weighted by Crippen LogP contribution is -2.19. The third kappa shape index (κ3) is 4.97. The van der Waals surface area contributed by atoms with Gasteiger partial charge in [0.15, 0.2) is 0 Å². The summed E-state index contributed by atoms with van der Waals surface area (Å²) in [7, 11) is 0. The van der Waals surface area contributed by atoms with Crippen LogP contribution in [0.1, 0.15) is 32.3 Å². The molecular weight excluding hydrogens is 274 g/mol. The molecule has 2 rings (SSSR count). The van der Waals surface area contributed by atoms with Gasteiger partial charge in [-0.1, -0.05) is 31.5 Å². The highest BCUT2D eigenvalue weighted by Crippen LogP contribution is 2.26. The zero-order valence-electron chi connectivity index (χ0n) is 12.3. The van der Waals surface area contributed by atoms with E-state index in [1.165, 1.54) is 5.56 Å². The zero-order chi connectivity index (χ0) is 14.4. The van der Waals surface area contributed by atoms with Crippen molar-refractivity contribution in [2.45, 2.75) is 39.3 Å². The van der Waals surface area contributed by atoms with Crippen LogP contribution in [0.4, 0.5) is 0 Å². The highest BCUT2D eigenvalue weighted by molar-refractivity contribution is 6.32. The second-order valence-corrected chi connectivity index (χ2v) is 6.14. The Bertz CT molecular complexity index is 417. The summed E-state index contributed by atoms with van der Waals surface area (Å²) in [5.41, 5.74) is 1.18. The topological polar surface area (TPSA) is 30.5 Å². The highest BCUT2D eigenvalue weighted by atomic mass is 35.5. The minimum atomic E-state index is 0.221. The summed E-state index contributed by atoms with van der Waals surface area (Å²) in [5, 5.41) is 4.08. The van der Waals surface area contributed by atoms with Gasteiger partial charge < -0.3 is 14.8 Å². The standard InChI is InChI=1S/C16H24ClNO2/c1-12(2)9-18-10-13-5-6-16(15(17)8-13)20-11-14-4-3-7-19-14/h5-6,8,12,14,18H,3-4,7,9-11H2,1-2H3. The molecule has 0 bridgehead atoms. The molecule has 1 fully saturated rings. The first-order valence-electron chi connectivity index (χ1n) is 7.38. The third-order valence-electron chi connectivity index (χ3n) is 3.33. The lowest BCUT2D eigenvalue weighted by Gasteiger charge is -2.13. The molecule has 3 nitrogen and oxygen atoms in total. The highest BCUT2D eigenvalue weighted by Gasteiger charge is 2.16. The van der Waals surface area contributed by atoms with Crippen molar-refractivity contribution in [3.63, 3.8) is 0 Å². The predicted octanol–water partition coefficient (Wildman–Crippen LogP) is 3.64. The van der Waals surface area contributed by atoms with Crippen molar-refractivity contribution in [3.05, 3.63) is 28.8 Å². The minimum absolute atomic E-state index is 0.221. The molecule has 1 N–H and O–H groups in total. The van der Waals surface area contributed by atoms with Crippen molar-refractivity contribution in [1.82, 2.24) is 5.32 Å². The average molecular weight is 298 g/mol. The van der Waals surface area contributed by atoms with E-state index >= 15 is 0 Å². The fraction of sp³-hybridized carbons (Fsp3) is 0.625. The molecule has 1 aromatic carbocycles. The summed E-state index contributed by atoms with van der Waals surface area (Å²) in [5.74, 6) is 1.40. The lowest BCUT2D eigenvalue weighted by atomic mass is 10.2. The van der Waals surface area contributed by atoms with E-state index in [9.17, 15) is 0 Å². The summed E-state index contributed by atoms with van der Waals surface area (Å²) in [6, 6.07) is 5.98. The minimum Gasteiger partial charge on any atom is -0.489 e. The molecule has 112 valence electrons. The van der Waals surface area contributed by atoms with Crippen LogP contribution in [0.2, 0.25) is 5.02 Å². The van der Waals surface area contributed by atoms with Crippen LogP contribution in [0.5, 0.6) is 5.75 Å². The number of benzene rings is 1. The Balaban J connectivity index is 1.81. The van der Waals surface area contributed by atoms with Gasteiger partial charge in [-0.05, 0) is 43.0 Å². The van der Waals surface area contributed by atoms with E-state index in [1.807, 2.05) is 12.1 Å². The number of ether oxygens (including phenoxy) is 2. The maximum absolute atomic E-state index is 6.26. The predicted molar refractivity (Wildman–Crippen MR) is 82.5 cm³/mol. The van der Waals surface area contributed by atoms with Crippen molar-refractivity contribution < 1.29 is 9.47 Å². The fourth-order valence-electron chi connectivity index (χ4n) is 2.24. The van der Waals surface area contributed by atoms with E-state index in [1.54, 1.807) is 0 Å². The van der Waals surface area contributed by atoms with E-state index in [0.717, 1.165) is 38.3 Å². The summed E-state index contributed by atoms with van der Waals surface area (Å²) in [6.07, 6.45) is 2.43. The Labute approximate surface area is 126 Å². The van der Waals surface area contributed by atoms with Gasteiger partial charge in [0.05, 0.1) is 11.1 Å². The molecule has 1 unspecified atom stereocenters. The summed E-state index contributed by atoms with van der Waals surface area (Å²) >= 11 is 6.26. The van der Waals surface area contributed by atoms with Gasteiger partial charge in [-0.15, -0.1) is 0 Å². The molecule has 1 atom stereocenters. The first-order valence-corrected chi connectivity index (χ1v) is 7.76. The van der Waals surface area contributed by atoms with Gasteiger partial charge in [-0.2, -0.15) is 0 Å². The molecule has 1 heterocycles. The zero-order valence-corrected chi connectivity index (χ0v) is 13.1. The molecule has 20 heavy (non-hydrogen) atoms. The van der Waals surface area contributed by atoms with Crippen molar-refractivity contribution in [2.24, 2.45) is 5.92 Å². The number of halogens is 1. The molecule has 0 saturated carbocycles. The lowest BCUT2D eigenvalue weighted by molar-refractivity contribution is 0.0680. The first-order chi connectivity index (χ1) is 9.65. The largest absolute Gasteiger partial charge is 0.489 e. The summed E-state index contributed by atoms with van der Waals surface area (Å²) < 4.78 is 11.3. The van der Waals surface area contributed by atoms with Gasteiger partial charge in [0, 0.05) is 13.2 Å². The number of hydrogen-bond acceptors (Lipinski definition) is 3. The van der Waals surface area contributed by atoms with Crippen molar-refractivity contribution in [2.75, 3.05) is 19.8 Å². The fourth-order valence-corrected chi connectivity index (χ4v) is 2.49. The molecule has 0 amide bonds. The smallest absolute Gasteiger partial charge is 0.138 e.